The number of hydrogen-bond acceptors (Lipinski definition) is 3. The predicted molar refractivity (Wildman–Crippen MR) is 315 cm³/mol. The number of anilines is 3. The SMILES string of the molecule is c1ccc(-c2nc3cc(-n4c5ccccc5c5ccccc54)cc4c3n2-c2cc(N(c3ccccc3)c3ccccc3)cc3c2B4c2cc(-n4c5ccccc5c5ccccc54)cc4nc(-c5ccccc5)n-3c24)cc1. The molecule has 6 heterocycles. The topological polar surface area (TPSA) is 48.7 Å². The van der Waals surface area contributed by atoms with Gasteiger partial charge in [-0.25, -0.2) is 9.97 Å². The van der Waals surface area contributed by atoms with E-state index in [0.29, 0.717) is 0 Å². The summed E-state index contributed by atoms with van der Waals surface area (Å²) in [5, 5.41) is 4.89. The number of imidazole rings is 2. The lowest BCUT2D eigenvalue weighted by atomic mass is 9.34. The second-order valence-corrected chi connectivity index (χ2v) is 20.2. The number of hydrogen-bond donors (Lipinski definition) is 0. The highest BCUT2D eigenvalue weighted by atomic mass is 15.2. The Hall–Kier alpha value is -10.2. The maximum absolute atomic E-state index is 5.78. The molecule has 352 valence electrons. The maximum atomic E-state index is 5.78. The molecule has 0 unspecified atom stereocenters. The van der Waals surface area contributed by atoms with Crippen LogP contribution in [-0.2, 0) is 0 Å². The molecule has 0 N–H and O–H groups in total. The van der Waals surface area contributed by atoms with Crippen molar-refractivity contribution in [2.45, 2.75) is 0 Å². The minimum Gasteiger partial charge on any atom is -0.310 e. The molecule has 11 aromatic carbocycles. The van der Waals surface area contributed by atoms with Crippen LogP contribution in [0.15, 0.2) is 255 Å². The van der Waals surface area contributed by atoms with Crippen LogP contribution in [0.2, 0.25) is 0 Å². The van der Waals surface area contributed by atoms with Crippen LogP contribution in [0, 0.1) is 0 Å². The number of para-hydroxylation sites is 6. The molecule has 0 atom stereocenters. The summed E-state index contributed by atoms with van der Waals surface area (Å²) in [6, 6.07) is 92.6. The lowest BCUT2D eigenvalue weighted by Gasteiger charge is -2.36. The number of rotatable bonds is 7. The van der Waals surface area contributed by atoms with E-state index in [2.05, 4.69) is 278 Å². The minimum atomic E-state index is -0.229. The molecule has 15 aromatic rings. The molecule has 0 spiro atoms. The normalized spacial score (nSPS) is 12.4. The van der Waals surface area contributed by atoms with Gasteiger partial charge < -0.3 is 14.0 Å². The summed E-state index contributed by atoms with van der Waals surface area (Å²) in [7, 11) is 0. The van der Waals surface area contributed by atoms with E-state index in [0.717, 1.165) is 107 Å². The molecule has 0 aliphatic carbocycles. The van der Waals surface area contributed by atoms with E-state index in [1.807, 2.05) is 0 Å². The van der Waals surface area contributed by atoms with Crippen molar-refractivity contribution in [1.82, 2.24) is 28.2 Å². The molecule has 7 nitrogen and oxygen atoms in total. The number of nitrogens with zero attached hydrogens (tertiary/aromatic N) is 7. The highest BCUT2D eigenvalue weighted by Gasteiger charge is 2.43. The molecule has 0 radical (unpaired) electrons. The summed E-state index contributed by atoms with van der Waals surface area (Å²) in [6.45, 7) is -0.229. The standard InChI is InChI=1S/C68H42BN7/c1-5-21-43(22-6-1)67-70-56-39-47(73-58-33-17-13-29-50(58)51-30-14-18-34-59(51)73)37-54-65(56)75(67)62-41-49(72(45-25-9-3-10-26-45)46-27-11-4-12-28-46)42-63-64(62)69(54)55-38-48(40-57-66(55)76(63)68(71-57)44-23-7-2-8-24-44)74-60-35-19-15-31-52(60)53-32-16-20-36-61(53)74/h1-42H. The van der Waals surface area contributed by atoms with Gasteiger partial charge in [0.1, 0.15) is 11.6 Å². The third kappa shape index (κ3) is 5.72. The Kier molecular flexibility index (Phi) is 8.52. The molecule has 0 saturated heterocycles. The Labute approximate surface area is 437 Å². The molecule has 0 saturated carbocycles. The van der Waals surface area contributed by atoms with Crippen LogP contribution in [0.1, 0.15) is 0 Å². The fourth-order valence-corrected chi connectivity index (χ4v) is 13.1. The first-order valence-corrected chi connectivity index (χ1v) is 26.0. The van der Waals surface area contributed by atoms with Crippen molar-refractivity contribution in [2.24, 2.45) is 0 Å². The third-order valence-corrected chi connectivity index (χ3v) is 16.1. The summed E-state index contributed by atoms with van der Waals surface area (Å²) in [6.07, 6.45) is 0. The zero-order valence-electron chi connectivity index (χ0n) is 41.0. The molecule has 0 fully saturated rings. The number of fused-ring (bicyclic) bond motifs is 10. The average Bonchev–Trinajstić information content (AvgIpc) is 4.42. The van der Waals surface area contributed by atoms with Crippen LogP contribution in [0.25, 0.3) is 111 Å². The molecule has 0 bridgehead atoms. The summed E-state index contributed by atoms with van der Waals surface area (Å²) in [4.78, 5) is 14.0. The van der Waals surface area contributed by atoms with Gasteiger partial charge in [-0.3, -0.25) is 9.13 Å². The second kappa shape index (κ2) is 15.7. The van der Waals surface area contributed by atoms with Crippen molar-refractivity contribution in [1.29, 1.82) is 0 Å². The summed E-state index contributed by atoms with van der Waals surface area (Å²) >= 11 is 0. The highest BCUT2D eigenvalue weighted by molar-refractivity contribution is 7.00. The van der Waals surface area contributed by atoms with Crippen LogP contribution in [0.5, 0.6) is 0 Å². The molecule has 2 aliphatic heterocycles. The molecule has 2 aliphatic rings. The maximum Gasteiger partial charge on any atom is 0.252 e. The Morgan fingerprint density at radius 2 is 0.658 bits per heavy atom. The van der Waals surface area contributed by atoms with Gasteiger partial charge >= 0.3 is 0 Å². The smallest absolute Gasteiger partial charge is 0.252 e. The Balaban J connectivity index is 1.06. The first-order chi connectivity index (χ1) is 37.7. The van der Waals surface area contributed by atoms with E-state index < -0.39 is 0 Å². The fourth-order valence-electron chi connectivity index (χ4n) is 13.1. The Morgan fingerprint density at radius 3 is 1.04 bits per heavy atom. The van der Waals surface area contributed by atoms with Crippen LogP contribution >= 0.6 is 0 Å². The van der Waals surface area contributed by atoms with Crippen LogP contribution < -0.4 is 21.3 Å². The molecule has 17 rings (SSSR count). The second-order valence-electron chi connectivity index (χ2n) is 20.2. The van der Waals surface area contributed by atoms with E-state index in [1.54, 1.807) is 0 Å². The number of benzene rings is 11. The molecule has 0 amide bonds. The van der Waals surface area contributed by atoms with E-state index in [4.69, 9.17) is 9.97 Å². The van der Waals surface area contributed by atoms with E-state index in [9.17, 15) is 0 Å². The number of aromatic nitrogens is 6. The summed E-state index contributed by atoms with van der Waals surface area (Å²) in [5.74, 6) is 1.78. The van der Waals surface area contributed by atoms with Gasteiger partial charge in [0.25, 0.3) is 6.71 Å². The van der Waals surface area contributed by atoms with Gasteiger partial charge in [-0.1, -0.05) is 170 Å². The van der Waals surface area contributed by atoms with E-state index in [-0.39, 0.29) is 6.71 Å². The molecular formula is C68H42BN7. The van der Waals surface area contributed by atoms with Crippen molar-refractivity contribution in [2.75, 3.05) is 4.90 Å². The van der Waals surface area contributed by atoms with Crippen LogP contribution in [0.4, 0.5) is 17.1 Å². The van der Waals surface area contributed by atoms with Crippen molar-refractivity contribution in [3.8, 4) is 45.5 Å². The van der Waals surface area contributed by atoms with Gasteiger partial charge in [-0.2, -0.15) is 0 Å². The molecule has 4 aromatic heterocycles. The quantitative estimate of drug-likeness (QED) is 0.150. The molecule has 76 heavy (non-hydrogen) atoms. The summed E-state index contributed by atoms with van der Waals surface area (Å²) in [5.41, 5.74) is 21.9. The van der Waals surface area contributed by atoms with Crippen LogP contribution in [-0.4, -0.2) is 34.9 Å². The third-order valence-electron chi connectivity index (χ3n) is 16.1. The summed E-state index contributed by atoms with van der Waals surface area (Å²) < 4.78 is 9.84. The average molecular weight is 968 g/mol. The van der Waals surface area contributed by atoms with Gasteiger partial charge in [-0.05, 0) is 101 Å². The zero-order valence-corrected chi connectivity index (χ0v) is 41.0. The van der Waals surface area contributed by atoms with E-state index in [1.165, 1.54) is 37.9 Å². The van der Waals surface area contributed by atoms with Crippen molar-refractivity contribution >= 4 is 106 Å². The van der Waals surface area contributed by atoms with Gasteiger partial charge in [0.15, 0.2) is 0 Å². The lowest BCUT2D eigenvalue weighted by molar-refractivity contribution is 1.07. The predicted octanol–water partition coefficient (Wildman–Crippen LogP) is 14.5. The first-order valence-electron chi connectivity index (χ1n) is 26.0. The Morgan fingerprint density at radius 1 is 0.316 bits per heavy atom. The first kappa shape index (κ1) is 41.3. The van der Waals surface area contributed by atoms with Gasteiger partial charge in [0.2, 0.25) is 0 Å². The van der Waals surface area contributed by atoms with E-state index >= 15 is 0 Å². The van der Waals surface area contributed by atoms with Gasteiger partial charge in [0.05, 0.1) is 49.8 Å². The Bertz CT molecular complexity index is 4470. The van der Waals surface area contributed by atoms with Gasteiger partial charge in [-0.15, -0.1) is 0 Å². The van der Waals surface area contributed by atoms with Crippen LogP contribution in [0.3, 0.4) is 0 Å². The monoisotopic (exact) mass is 967 g/mol. The fraction of sp³-hybridized carbons (Fsp3) is 0. The largest absolute Gasteiger partial charge is 0.310 e. The van der Waals surface area contributed by atoms with Crippen molar-refractivity contribution < 1.29 is 0 Å². The highest BCUT2D eigenvalue weighted by Crippen LogP contribution is 2.44. The lowest BCUT2D eigenvalue weighted by Crippen LogP contribution is -2.59. The van der Waals surface area contributed by atoms with Crippen molar-refractivity contribution in [3.05, 3.63) is 255 Å². The molecule has 8 heteroatoms. The zero-order chi connectivity index (χ0) is 49.6. The van der Waals surface area contributed by atoms with Crippen molar-refractivity contribution in [3.63, 3.8) is 0 Å². The molecular weight excluding hydrogens is 926 g/mol. The van der Waals surface area contributed by atoms with Gasteiger partial charge in [0, 0.05) is 66.8 Å². The minimum absolute atomic E-state index is 0.229.